The molecule has 0 radical (unpaired) electrons. The molecule has 11 nitrogen and oxygen atoms in total. The van der Waals surface area contributed by atoms with Crippen molar-refractivity contribution >= 4 is 58.6 Å². The van der Waals surface area contributed by atoms with Crippen LogP contribution in [-0.4, -0.2) is 100 Å². The van der Waals surface area contributed by atoms with Crippen molar-refractivity contribution in [3.63, 3.8) is 0 Å². The number of rotatable bonds is 8. The maximum atomic E-state index is 9.55. The van der Waals surface area contributed by atoms with Crippen LogP contribution in [0, 0.1) is 0 Å². The van der Waals surface area contributed by atoms with Crippen LogP contribution in [0.2, 0.25) is 5.02 Å². The topological polar surface area (TPSA) is 159 Å². The first kappa shape index (κ1) is 33.4. The minimum Gasteiger partial charge on any atom is -0.478 e. The van der Waals surface area contributed by atoms with Crippen LogP contribution in [-0.2, 0) is 19.2 Å². The fraction of sp³-hybridized carbons (Fsp3) is 0.286. The predicted octanol–water partition coefficient (Wildman–Crippen LogP) is 4.00. The highest BCUT2D eigenvalue weighted by atomic mass is 35.5. The van der Waals surface area contributed by atoms with Crippen LogP contribution in [0.15, 0.2) is 76.6 Å². The lowest BCUT2D eigenvalue weighted by Crippen LogP contribution is -2.45. The molecule has 2 aliphatic heterocycles. The smallest absolute Gasteiger partial charge is 0.328 e. The summed E-state index contributed by atoms with van der Waals surface area (Å²) < 4.78 is 0. The van der Waals surface area contributed by atoms with Crippen molar-refractivity contribution in [1.82, 2.24) is 9.80 Å². The highest BCUT2D eigenvalue weighted by Gasteiger charge is 2.23. The number of carboxylic acids is 4. The largest absolute Gasteiger partial charge is 0.478 e. The molecule has 2 aromatic rings. The number of fused-ring (bicyclic) bond motifs is 2. The second-order valence-corrected chi connectivity index (χ2v) is 10.4. The Labute approximate surface area is 246 Å². The van der Waals surface area contributed by atoms with E-state index in [2.05, 4.69) is 58.1 Å². The lowest BCUT2D eigenvalue weighted by Gasteiger charge is -2.35. The lowest BCUT2D eigenvalue weighted by molar-refractivity contribution is -0.134. The highest BCUT2D eigenvalue weighted by Crippen LogP contribution is 2.48. The first-order valence-corrected chi connectivity index (χ1v) is 13.7. The molecule has 0 atom stereocenters. The summed E-state index contributed by atoms with van der Waals surface area (Å²) in [4.78, 5) is 48.3. The van der Waals surface area contributed by atoms with Gasteiger partial charge in [-0.15, -0.1) is 0 Å². The third-order valence-corrected chi connectivity index (χ3v) is 7.12. The molecule has 13 heteroatoms. The SMILES string of the molecule is CN1CCN(CCCN2c3ccccc3Sc3cc(Cl)ccc32)CC1.O=C(O)/C=C\C(=O)O.O=C(O)/C=C\C(=O)O. The maximum Gasteiger partial charge on any atom is 0.328 e. The average Bonchev–Trinajstić information content (AvgIpc) is 2.92. The molecule has 2 heterocycles. The number of likely N-dealkylation sites (N-methyl/N-ethyl adjacent to an activating group) is 1. The zero-order chi connectivity index (χ0) is 30.4. The summed E-state index contributed by atoms with van der Waals surface area (Å²) in [5.74, 6) is -5.03. The number of anilines is 2. The highest BCUT2D eigenvalue weighted by molar-refractivity contribution is 7.99. The van der Waals surface area contributed by atoms with Gasteiger partial charge in [-0.1, -0.05) is 35.5 Å². The minimum absolute atomic E-state index is 0.558. The molecule has 0 saturated carbocycles. The quantitative estimate of drug-likeness (QED) is 0.321. The third kappa shape index (κ3) is 12.5. The number of para-hydroxylation sites is 1. The van der Waals surface area contributed by atoms with Crippen molar-refractivity contribution in [1.29, 1.82) is 0 Å². The van der Waals surface area contributed by atoms with E-state index in [1.54, 1.807) is 0 Å². The molecule has 4 N–H and O–H groups in total. The number of carbonyl (C=O) groups is 4. The summed E-state index contributed by atoms with van der Waals surface area (Å²) in [6, 6.07) is 14.9. The van der Waals surface area contributed by atoms with E-state index in [0.29, 0.717) is 24.3 Å². The molecule has 2 aliphatic rings. The van der Waals surface area contributed by atoms with Gasteiger partial charge in [0.2, 0.25) is 0 Å². The Balaban J connectivity index is 0.000000304. The number of halogens is 1. The first-order chi connectivity index (χ1) is 19.5. The van der Waals surface area contributed by atoms with Crippen molar-refractivity contribution in [3.8, 4) is 0 Å². The van der Waals surface area contributed by atoms with Crippen LogP contribution in [0.4, 0.5) is 11.4 Å². The molecule has 41 heavy (non-hydrogen) atoms. The average molecular weight is 606 g/mol. The summed E-state index contributed by atoms with van der Waals surface area (Å²) in [6.07, 6.45) is 3.40. The Bertz CT molecular complexity index is 1210. The molecule has 0 amide bonds. The van der Waals surface area contributed by atoms with E-state index in [-0.39, 0.29) is 0 Å². The fourth-order valence-electron chi connectivity index (χ4n) is 3.86. The van der Waals surface area contributed by atoms with Gasteiger partial charge in [-0.3, -0.25) is 0 Å². The molecule has 0 aliphatic carbocycles. The Morgan fingerprint density at radius 2 is 1.27 bits per heavy atom. The summed E-state index contributed by atoms with van der Waals surface area (Å²) >= 11 is 8.05. The number of hydrogen-bond donors (Lipinski definition) is 4. The second-order valence-electron chi connectivity index (χ2n) is 8.85. The van der Waals surface area contributed by atoms with Crippen LogP contribution in [0.1, 0.15) is 6.42 Å². The Hall–Kier alpha value is -3.84. The Morgan fingerprint density at radius 3 is 1.80 bits per heavy atom. The van der Waals surface area contributed by atoms with Crippen molar-refractivity contribution in [2.45, 2.75) is 16.2 Å². The van der Waals surface area contributed by atoms with E-state index < -0.39 is 23.9 Å². The van der Waals surface area contributed by atoms with Crippen LogP contribution in [0.3, 0.4) is 0 Å². The molecule has 0 spiro atoms. The molecule has 220 valence electrons. The van der Waals surface area contributed by atoms with E-state index >= 15 is 0 Å². The monoisotopic (exact) mass is 605 g/mol. The molecule has 2 aromatic carbocycles. The number of nitrogens with zero attached hydrogens (tertiary/aromatic N) is 3. The van der Waals surface area contributed by atoms with Gasteiger partial charge in [0, 0.05) is 71.8 Å². The summed E-state index contributed by atoms with van der Waals surface area (Å²) in [5, 5.41) is 32.1. The van der Waals surface area contributed by atoms with Crippen molar-refractivity contribution in [2.75, 3.05) is 51.2 Å². The Kier molecular flexibility index (Phi) is 13.9. The van der Waals surface area contributed by atoms with Gasteiger partial charge >= 0.3 is 23.9 Å². The van der Waals surface area contributed by atoms with Crippen molar-refractivity contribution in [3.05, 3.63) is 71.8 Å². The number of benzene rings is 2. The van der Waals surface area contributed by atoms with E-state index in [9.17, 15) is 19.2 Å². The second kappa shape index (κ2) is 17.1. The van der Waals surface area contributed by atoms with E-state index in [4.69, 9.17) is 32.0 Å². The molecule has 1 saturated heterocycles. The Morgan fingerprint density at radius 1 is 0.756 bits per heavy atom. The fourth-order valence-corrected chi connectivity index (χ4v) is 5.23. The number of piperazine rings is 1. The van der Waals surface area contributed by atoms with Gasteiger partial charge < -0.3 is 35.1 Å². The maximum absolute atomic E-state index is 9.55. The zero-order valence-corrected chi connectivity index (χ0v) is 23.9. The molecule has 4 rings (SSSR count). The van der Waals surface area contributed by atoms with E-state index in [0.717, 1.165) is 11.6 Å². The van der Waals surface area contributed by atoms with Crippen molar-refractivity contribution < 1.29 is 39.6 Å². The lowest BCUT2D eigenvalue weighted by atomic mass is 10.2. The van der Waals surface area contributed by atoms with Gasteiger partial charge in [0.15, 0.2) is 0 Å². The molecule has 0 unspecified atom stereocenters. The van der Waals surface area contributed by atoms with Crippen LogP contribution >= 0.6 is 23.4 Å². The summed E-state index contributed by atoms with van der Waals surface area (Å²) in [7, 11) is 2.21. The van der Waals surface area contributed by atoms with Gasteiger partial charge in [-0.05, 0) is 50.3 Å². The van der Waals surface area contributed by atoms with Gasteiger partial charge in [-0.25, -0.2) is 19.2 Å². The van der Waals surface area contributed by atoms with E-state index in [1.807, 2.05) is 17.8 Å². The number of aliphatic carboxylic acids is 4. The zero-order valence-electron chi connectivity index (χ0n) is 22.4. The molecule has 1 fully saturated rings. The van der Waals surface area contributed by atoms with Gasteiger partial charge in [0.05, 0.1) is 11.4 Å². The third-order valence-electron chi connectivity index (χ3n) is 5.78. The van der Waals surface area contributed by atoms with Gasteiger partial charge in [0.1, 0.15) is 0 Å². The summed E-state index contributed by atoms with van der Waals surface area (Å²) in [6.45, 7) is 6.96. The predicted molar refractivity (Wildman–Crippen MR) is 156 cm³/mol. The van der Waals surface area contributed by atoms with E-state index in [1.165, 1.54) is 60.3 Å². The minimum atomic E-state index is -1.26. The number of carboxylic acid groups (broad SMARTS) is 4. The first-order valence-electron chi connectivity index (χ1n) is 12.5. The normalized spacial score (nSPS) is 14.7. The van der Waals surface area contributed by atoms with Crippen LogP contribution < -0.4 is 4.90 Å². The van der Waals surface area contributed by atoms with Crippen molar-refractivity contribution in [2.24, 2.45) is 0 Å². The molecule has 0 aromatic heterocycles. The van der Waals surface area contributed by atoms with Gasteiger partial charge in [-0.2, -0.15) is 0 Å². The molecular formula is C28H32ClN3O8S. The van der Waals surface area contributed by atoms with Gasteiger partial charge in [0.25, 0.3) is 0 Å². The standard InChI is InChI=1S/C20H24ClN3S.2C4H4O4/c1-22-11-13-23(14-12-22)9-4-10-24-17-5-2-3-6-19(17)25-20-15-16(21)7-8-18(20)24;2*5-3(6)1-2-4(7)8/h2-3,5-8,15H,4,9-14H2,1H3;2*1-2H,(H,5,6)(H,7,8)/b;2*2-1-. The summed E-state index contributed by atoms with van der Waals surface area (Å²) in [5.41, 5.74) is 2.60. The van der Waals surface area contributed by atoms with Crippen LogP contribution in [0.5, 0.6) is 0 Å². The van der Waals surface area contributed by atoms with Crippen LogP contribution in [0.25, 0.3) is 0 Å². The molecule has 0 bridgehead atoms. The molecular weight excluding hydrogens is 574 g/mol. The number of hydrogen-bond acceptors (Lipinski definition) is 8.